The number of likely N-dealkylation sites (tertiary alicyclic amines) is 1. The van der Waals surface area contributed by atoms with Crippen LogP contribution < -0.4 is 10.6 Å². The summed E-state index contributed by atoms with van der Waals surface area (Å²) >= 11 is 0. The molecule has 2 aliphatic rings. The Morgan fingerprint density at radius 1 is 1.27 bits per heavy atom. The van der Waals surface area contributed by atoms with Crippen LogP contribution in [0.2, 0.25) is 0 Å². The summed E-state index contributed by atoms with van der Waals surface area (Å²) in [5, 5.41) is 5.74. The van der Waals surface area contributed by atoms with Crippen molar-refractivity contribution >= 4 is 17.8 Å². The van der Waals surface area contributed by atoms with E-state index >= 15 is 0 Å². The first-order valence-electron chi connectivity index (χ1n) is 9.46. The number of hydrogen-bond donors (Lipinski definition) is 2. The molecule has 1 saturated heterocycles. The maximum absolute atomic E-state index is 13.3. The van der Waals surface area contributed by atoms with E-state index in [1.165, 1.54) is 0 Å². The molecule has 0 aromatic heterocycles. The number of amides is 4. The molecule has 1 aliphatic heterocycles. The molecule has 0 radical (unpaired) electrons. The monoisotopic (exact) mass is 368 g/mol. The SMILES string of the molecule is CCN(CC)C(=O)[C@]12C[C@H](NC(=O)NCCOC)C[C@H]1CN(C(C)=O)C2. The highest BCUT2D eigenvalue weighted by Crippen LogP contribution is 2.50. The molecule has 8 nitrogen and oxygen atoms in total. The number of methoxy groups -OCH3 is 1. The molecule has 1 saturated carbocycles. The van der Waals surface area contributed by atoms with E-state index < -0.39 is 5.41 Å². The summed E-state index contributed by atoms with van der Waals surface area (Å²) in [6, 6.07) is -0.294. The van der Waals surface area contributed by atoms with Gasteiger partial charge in [-0.05, 0) is 32.6 Å². The van der Waals surface area contributed by atoms with E-state index in [4.69, 9.17) is 4.74 Å². The van der Waals surface area contributed by atoms with Crippen molar-refractivity contribution in [2.24, 2.45) is 11.3 Å². The summed E-state index contributed by atoms with van der Waals surface area (Å²) in [5.74, 6) is 0.206. The van der Waals surface area contributed by atoms with Gasteiger partial charge in [-0.1, -0.05) is 0 Å². The molecule has 8 heteroatoms. The summed E-state index contributed by atoms with van der Waals surface area (Å²) < 4.78 is 4.93. The van der Waals surface area contributed by atoms with Crippen molar-refractivity contribution in [3.63, 3.8) is 0 Å². The van der Waals surface area contributed by atoms with E-state index in [9.17, 15) is 14.4 Å². The zero-order chi connectivity index (χ0) is 19.3. The Morgan fingerprint density at radius 3 is 2.54 bits per heavy atom. The molecule has 1 heterocycles. The fraction of sp³-hybridized carbons (Fsp3) is 0.833. The van der Waals surface area contributed by atoms with Crippen LogP contribution in [0, 0.1) is 11.3 Å². The average molecular weight is 368 g/mol. The van der Waals surface area contributed by atoms with Crippen LogP contribution in [0.1, 0.15) is 33.6 Å². The van der Waals surface area contributed by atoms with E-state index in [-0.39, 0.29) is 29.8 Å². The van der Waals surface area contributed by atoms with E-state index in [0.717, 1.165) is 0 Å². The van der Waals surface area contributed by atoms with E-state index in [1.54, 1.807) is 18.9 Å². The Labute approximate surface area is 155 Å². The molecule has 26 heavy (non-hydrogen) atoms. The average Bonchev–Trinajstić information content (AvgIpc) is 3.11. The second kappa shape index (κ2) is 8.70. The Hall–Kier alpha value is -1.83. The number of hydrogen-bond acceptors (Lipinski definition) is 4. The minimum Gasteiger partial charge on any atom is -0.383 e. The predicted molar refractivity (Wildman–Crippen MR) is 97.5 cm³/mol. The van der Waals surface area contributed by atoms with E-state index in [0.29, 0.717) is 52.2 Å². The first-order chi connectivity index (χ1) is 12.4. The van der Waals surface area contributed by atoms with Crippen LogP contribution >= 0.6 is 0 Å². The normalized spacial score (nSPS) is 27.2. The molecular formula is C18H32N4O4. The standard InChI is InChI=1S/C18H32N4O4/c1-5-21(6-2)16(24)18-10-15(20-17(25)19-7-8-26-4)9-14(18)11-22(12-18)13(3)23/h14-15H,5-12H2,1-4H3,(H2,19,20,25)/t14-,15+,18-/m0/s1. The molecule has 148 valence electrons. The second-order valence-electron chi connectivity index (χ2n) is 7.26. The lowest BCUT2D eigenvalue weighted by Crippen LogP contribution is -2.48. The molecule has 0 unspecified atom stereocenters. The van der Waals surface area contributed by atoms with E-state index in [1.807, 2.05) is 18.7 Å². The summed E-state index contributed by atoms with van der Waals surface area (Å²) in [4.78, 5) is 40.8. The van der Waals surface area contributed by atoms with Gasteiger partial charge in [-0.25, -0.2) is 4.79 Å². The fourth-order valence-corrected chi connectivity index (χ4v) is 4.38. The minimum atomic E-state index is -0.581. The van der Waals surface area contributed by atoms with Crippen LogP contribution in [-0.4, -0.2) is 80.1 Å². The summed E-state index contributed by atoms with van der Waals surface area (Å²) in [6.45, 7) is 8.74. The topological polar surface area (TPSA) is 91.0 Å². The highest BCUT2D eigenvalue weighted by Gasteiger charge is 2.59. The molecule has 0 bridgehead atoms. The highest BCUT2D eigenvalue weighted by atomic mass is 16.5. The predicted octanol–water partition coefficient (Wildman–Crippen LogP) is 0.428. The van der Waals surface area contributed by atoms with Crippen molar-refractivity contribution in [1.29, 1.82) is 0 Å². The zero-order valence-electron chi connectivity index (χ0n) is 16.3. The van der Waals surface area contributed by atoms with Gasteiger partial charge >= 0.3 is 6.03 Å². The Balaban J connectivity index is 2.09. The van der Waals surface area contributed by atoms with Crippen LogP contribution in [0.4, 0.5) is 4.79 Å². The molecule has 1 aliphatic carbocycles. The summed E-state index contributed by atoms with van der Waals surface area (Å²) in [6.07, 6.45) is 1.29. The largest absolute Gasteiger partial charge is 0.383 e. The molecule has 2 rings (SSSR count). The lowest BCUT2D eigenvalue weighted by molar-refractivity contribution is -0.142. The number of urea groups is 1. The Kier molecular flexibility index (Phi) is 6.86. The molecular weight excluding hydrogens is 336 g/mol. The van der Waals surface area contributed by atoms with Gasteiger partial charge in [0.2, 0.25) is 11.8 Å². The molecule has 3 atom stereocenters. The van der Waals surface area contributed by atoms with Gasteiger partial charge in [0.25, 0.3) is 0 Å². The molecule has 0 aromatic carbocycles. The van der Waals surface area contributed by atoms with Crippen molar-refractivity contribution in [1.82, 2.24) is 20.4 Å². The third kappa shape index (κ3) is 4.11. The van der Waals surface area contributed by atoms with Gasteiger partial charge in [-0.15, -0.1) is 0 Å². The maximum atomic E-state index is 13.3. The van der Waals surface area contributed by atoms with Crippen molar-refractivity contribution in [2.45, 2.75) is 39.7 Å². The molecule has 4 amide bonds. The second-order valence-corrected chi connectivity index (χ2v) is 7.26. The summed E-state index contributed by atoms with van der Waals surface area (Å²) in [5.41, 5.74) is -0.581. The van der Waals surface area contributed by atoms with Crippen molar-refractivity contribution in [2.75, 3.05) is 46.4 Å². The number of nitrogens with zero attached hydrogens (tertiary/aromatic N) is 2. The first-order valence-corrected chi connectivity index (χ1v) is 9.46. The highest BCUT2D eigenvalue weighted by molar-refractivity contribution is 5.86. The third-order valence-electron chi connectivity index (χ3n) is 5.72. The number of carbonyl (C=O) groups excluding carboxylic acids is 3. The smallest absolute Gasteiger partial charge is 0.315 e. The number of rotatable bonds is 7. The Bertz CT molecular complexity index is 537. The number of nitrogens with one attached hydrogen (secondary N) is 2. The van der Waals surface area contributed by atoms with Crippen molar-refractivity contribution in [3.8, 4) is 0 Å². The van der Waals surface area contributed by atoms with Crippen molar-refractivity contribution in [3.05, 3.63) is 0 Å². The van der Waals surface area contributed by atoms with Crippen LogP contribution in [0.15, 0.2) is 0 Å². The maximum Gasteiger partial charge on any atom is 0.315 e. The van der Waals surface area contributed by atoms with Gasteiger partial charge in [0.15, 0.2) is 0 Å². The van der Waals surface area contributed by atoms with Crippen molar-refractivity contribution < 1.29 is 19.1 Å². The van der Waals surface area contributed by atoms with E-state index in [2.05, 4.69) is 10.6 Å². The van der Waals surface area contributed by atoms with Gasteiger partial charge in [0.1, 0.15) is 0 Å². The molecule has 0 spiro atoms. The van der Waals surface area contributed by atoms with Gasteiger partial charge in [0.05, 0.1) is 12.0 Å². The molecule has 2 N–H and O–H groups in total. The number of fused-ring (bicyclic) bond motifs is 1. The summed E-state index contributed by atoms with van der Waals surface area (Å²) in [7, 11) is 1.58. The fourth-order valence-electron chi connectivity index (χ4n) is 4.38. The van der Waals surface area contributed by atoms with Crippen LogP contribution in [0.3, 0.4) is 0 Å². The zero-order valence-corrected chi connectivity index (χ0v) is 16.3. The number of ether oxygens (including phenoxy) is 1. The van der Waals surface area contributed by atoms with Crippen LogP contribution in [-0.2, 0) is 14.3 Å². The number of carbonyl (C=O) groups is 3. The van der Waals surface area contributed by atoms with Crippen LogP contribution in [0.5, 0.6) is 0 Å². The first kappa shape index (κ1) is 20.5. The molecule has 0 aromatic rings. The minimum absolute atomic E-state index is 0.00735. The lowest BCUT2D eigenvalue weighted by Gasteiger charge is -2.33. The van der Waals surface area contributed by atoms with Gasteiger partial charge < -0.3 is 25.2 Å². The third-order valence-corrected chi connectivity index (χ3v) is 5.72. The van der Waals surface area contributed by atoms with Crippen LogP contribution in [0.25, 0.3) is 0 Å². The quantitative estimate of drug-likeness (QED) is 0.638. The Morgan fingerprint density at radius 2 is 1.96 bits per heavy atom. The van der Waals surface area contributed by atoms with Gasteiger partial charge in [-0.2, -0.15) is 0 Å². The lowest BCUT2D eigenvalue weighted by atomic mass is 9.79. The van der Waals surface area contributed by atoms with Gasteiger partial charge in [0, 0.05) is 52.8 Å². The molecule has 2 fully saturated rings. The van der Waals surface area contributed by atoms with Gasteiger partial charge in [-0.3, -0.25) is 9.59 Å².